The molecule has 10 nitrogen and oxygen atoms in total. The largest absolute Gasteiger partial charge is 0.573 e. The predicted octanol–water partition coefficient (Wildman–Crippen LogP) is 5.80. The Balaban J connectivity index is 1.02. The maximum absolute atomic E-state index is 14.0. The molecule has 2 aromatic heterocycles. The van der Waals surface area contributed by atoms with Crippen LogP contribution in [0.4, 0.5) is 13.2 Å². The first-order chi connectivity index (χ1) is 24.5. The van der Waals surface area contributed by atoms with Gasteiger partial charge in [-0.3, -0.25) is 19.3 Å². The number of aromatic nitrogens is 2. The van der Waals surface area contributed by atoms with E-state index in [1.807, 2.05) is 45.2 Å². The summed E-state index contributed by atoms with van der Waals surface area (Å²) in [6, 6.07) is 17.1. The lowest BCUT2D eigenvalue weighted by atomic mass is 9.93. The van der Waals surface area contributed by atoms with Crippen LogP contribution in [0.15, 0.2) is 66.9 Å². The second-order valence-electron chi connectivity index (χ2n) is 13.6. The van der Waals surface area contributed by atoms with E-state index < -0.39 is 6.36 Å². The van der Waals surface area contributed by atoms with E-state index >= 15 is 0 Å². The molecule has 0 radical (unpaired) electrons. The highest BCUT2D eigenvalue weighted by Gasteiger charge is 2.35. The van der Waals surface area contributed by atoms with Crippen LogP contribution >= 0.6 is 0 Å². The topological polar surface area (TPSA) is 102 Å². The number of piperidine rings is 2. The molecule has 0 bridgehead atoms. The first-order valence-electron chi connectivity index (χ1n) is 17.5. The summed E-state index contributed by atoms with van der Waals surface area (Å²) in [5.74, 6) is -0.282. The molecule has 3 fully saturated rings. The molecule has 3 aliphatic heterocycles. The average Bonchev–Trinajstić information content (AvgIpc) is 3.62. The van der Waals surface area contributed by atoms with Gasteiger partial charge in [0.1, 0.15) is 5.75 Å². The van der Waals surface area contributed by atoms with E-state index in [0.29, 0.717) is 80.9 Å². The molecule has 3 amide bonds. The Morgan fingerprint density at radius 2 is 1.43 bits per heavy atom. The zero-order valence-corrected chi connectivity index (χ0v) is 28.5. The summed E-state index contributed by atoms with van der Waals surface area (Å²) < 4.78 is 43.2. The van der Waals surface area contributed by atoms with Crippen molar-refractivity contribution in [1.82, 2.24) is 29.6 Å². The Morgan fingerprint density at radius 3 is 2.10 bits per heavy atom. The number of amides is 3. The number of nitrogens with one attached hydrogen (secondary N) is 1. The molecule has 2 aromatic carbocycles. The van der Waals surface area contributed by atoms with Crippen molar-refractivity contribution in [2.24, 2.45) is 5.92 Å². The molecule has 268 valence electrons. The number of likely N-dealkylation sites (tertiary alicyclic amines) is 2. The van der Waals surface area contributed by atoms with Gasteiger partial charge in [0.05, 0.1) is 11.4 Å². The molecule has 5 heterocycles. The van der Waals surface area contributed by atoms with E-state index in [2.05, 4.69) is 14.6 Å². The lowest BCUT2D eigenvalue weighted by molar-refractivity contribution is -0.274. The first-order valence-corrected chi connectivity index (χ1v) is 17.5. The van der Waals surface area contributed by atoms with Crippen LogP contribution in [0.2, 0.25) is 0 Å². The van der Waals surface area contributed by atoms with Gasteiger partial charge < -0.3 is 24.4 Å². The van der Waals surface area contributed by atoms with Gasteiger partial charge in [0, 0.05) is 105 Å². The molecule has 0 saturated carbocycles. The summed E-state index contributed by atoms with van der Waals surface area (Å²) in [5, 5.41) is 0.967. The van der Waals surface area contributed by atoms with E-state index in [4.69, 9.17) is 4.98 Å². The average molecular weight is 703 g/mol. The third kappa shape index (κ3) is 7.88. The molecular weight excluding hydrogens is 661 g/mol. The number of benzene rings is 2. The molecule has 0 atom stereocenters. The lowest BCUT2D eigenvalue weighted by Crippen LogP contribution is -2.55. The Hall–Kier alpha value is -4.91. The number of halogens is 3. The third-order valence-corrected chi connectivity index (χ3v) is 10.5. The molecule has 51 heavy (non-hydrogen) atoms. The quantitative estimate of drug-likeness (QED) is 0.273. The van der Waals surface area contributed by atoms with Gasteiger partial charge in [0.15, 0.2) is 0 Å². The van der Waals surface area contributed by atoms with Gasteiger partial charge in [0.25, 0.3) is 5.91 Å². The zero-order valence-electron chi connectivity index (χ0n) is 28.5. The Bertz CT molecular complexity index is 1900. The number of ether oxygens (including phenoxy) is 1. The molecule has 0 aliphatic carbocycles. The number of nitrogens with zero attached hydrogens (tertiary/aromatic N) is 5. The van der Waals surface area contributed by atoms with Crippen molar-refractivity contribution in [3.05, 3.63) is 72.4 Å². The van der Waals surface area contributed by atoms with E-state index in [9.17, 15) is 27.6 Å². The molecule has 13 heteroatoms. The number of pyridine rings is 1. The summed E-state index contributed by atoms with van der Waals surface area (Å²) in [7, 11) is 0. The first kappa shape index (κ1) is 34.5. The van der Waals surface area contributed by atoms with Gasteiger partial charge in [0.2, 0.25) is 11.8 Å². The van der Waals surface area contributed by atoms with E-state index in [-0.39, 0.29) is 29.4 Å². The number of rotatable bonds is 6. The third-order valence-electron chi connectivity index (χ3n) is 10.5. The minimum atomic E-state index is -4.84. The number of carbonyl (C=O) groups is 3. The van der Waals surface area contributed by atoms with Crippen molar-refractivity contribution < 1.29 is 32.3 Å². The molecule has 0 spiro atoms. The molecule has 7 rings (SSSR count). The normalized spacial score (nSPS) is 18.3. The predicted molar refractivity (Wildman–Crippen MR) is 186 cm³/mol. The molecule has 1 N–H and O–H groups in total. The number of aromatic amines is 1. The van der Waals surface area contributed by atoms with Crippen LogP contribution < -0.4 is 4.74 Å². The van der Waals surface area contributed by atoms with E-state index in [1.165, 1.54) is 18.2 Å². The van der Waals surface area contributed by atoms with Crippen molar-refractivity contribution in [2.45, 2.75) is 45.0 Å². The number of alkyl halides is 3. The molecule has 0 unspecified atom stereocenters. The smallest absolute Gasteiger partial charge is 0.406 e. The van der Waals surface area contributed by atoms with Gasteiger partial charge in [-0.1, -0.05) is 18.2 Å². The highest BCUT2D eigenvalue weighted by atomic mass is 19.4. The monoisotopic (exact) mass is 702 g/mol. The molecule has 3 aliphatic rings. The second-order valence-corrected chi connectivity index (χ2v) is 13.6. The van der Waals surface area contributed by atoms with Gasteiger partial charge >= 0.3 is 6.36 Å². The summed E-state index contributed by atoms with van der Waals surface area (Å²) in [4.78, 5) is 54.9. The molecular formula is C38H41F3N6O4. The number of H-pyrrole nitrogens is 1. The number of piperazine rings is 1. The van der Waals surface area contributed by atoms with Crippen molar-refractivity contribution >= 4 is 28.6 Å². The maximum atomic E-state index is 14.0. The standard InChI is InChI=1S/C38H41F3N6O4/c1-25(48)44-13-8-26(9-14-44)36(49)46-15-10-31(11-16-46)45-17-19-47(20-18-45)37(50)30-23-34(27-3-2-4-32(22-27)51-38(39,40)41)43-35(24-30)28-5-6-33-29(21-28)7-12-42-33/h2-7,12,21-24,26,31,42H,8-11,13-20H2,1H3. The minimum Gasteiger partial charge on any atom is -0.406 e. The zero-order chi connectivity index (χ0) is 35.7. The van der Waals surface area contributed by atoms with Crippen LogP contribution in [-0.4, -0.2) is 112 Å². The maximum Gasteiger partial charge on any atom is 0.573 e. The van der Waals surface area contributed by atoms with Crippen LogP contribution in [-0.2, 0) is 9.59 Å². The van der Waals surface area contributed by atoms with Crippen molar-refractivity contribution in [3.63, 3.8) is 0 Å². The Kier molecular flexibility index (Phi) is 9.73. The fraction of sp³-hybridized carbons (Fsp3) is 0.421. The van der Waals surface area contributed by atoms with Crippen LogP contribution in [0.25, 0.3) is 33.4 Å². The van der Waals surface area contributed by atoms with Crippen LogP contribution in [0, 0.1) is 5.92 Å². The fourth-order valence-electron chi connectivity index (χ4n) is 7.64. The van der Waals surface area contributed by atoms with Crippen molar-refractivity contribution in [3.8, 4) is 28.3 Å². The summed E-state index contributed by atoms with van der Waals surface area (Å²) in [6.07, 6.45) is 0.195. The van der Waals surface area contributed by atoms with Gasteiger partial charge in [-0.05, 0) is 68.1 Å². The van der Waals surface area contributed by atoms with Crippen LogP contribution in [0.5, 0.6) is 5.75 Å². The fourth-order valence-corrected chi connectivity index (χ4v) is 7.64. The highest BCUT2D eigenvalue weighted by molar-refractivity contribution is 5.97. The summed E-state index contributed by atoms with van der Waals surface area (Å²) >= 11 is 0. The molecule has 3 saturated heterocycles. The number of hydrogen-bond donors (Lipinski definition) is 1. The van der Waals surface area contributed by atoms with Crippen LogP contribution in [0.1, 0.15) is 43.0 Å². The highest BCUT2D eigenvalue weighted by Crippen LogP contribution is 2.32. The van der Waals surface area contributed by atoms with Gasteiger partial charge in [-0.25, -0.2) is 4.98 Å². The summed E-state index contributed by atoms with van der Waals surface area (Å²) in [5.41, 5.74) is 3.42. The second kappa shape index (κ2) is 14.4. The van der Waals surface area contributed by atoms with Crippen molar-refractivity contribution in [1.29, 1.82) is 0 Å². The minimum absolute atomic E-state index is 0.0189. The molecule has 4 aromatic rings. The van der Waals surface area contributed by atoms with Gasteiger partial charge in [-0.2, -0.15) is 0 Å². The number of hydrogen-bond acceptors (Lipinski definition) is 6. The van der Waals surface area contributed by atoms with E-state index in [0.717, 1.165) is 42.1 Å². The van der Waals surface area contributed by atoms with Crippen LogP contribution in [0.3, 0.4) is 0 Å². The van der Waals surface area contributed by atoms with Crippen molar-refractivity contribution in [2.75, 3.05) is 52.4 Å². The van der Waals surface area contributed by atoms with Gasteiger partial charge in [-0.15, -0.1) is 13.2 Å². The SMILES string of the molecule is CC(=O)N1CCC(C(=O)N2CCC(N3CCN(C(=O)c4cc(-c5cccc(OC(F)(F)F)c5)nc(-c5ccc6[nH]ccc6c5)c4)CC3)CC2)CC1. The number of carbonyl (C=O) groups excluding carboxylic acids is 3. The summed E-state index contributed by atoms with van der Waals surface area (Å²) in [6.45, 7) is 6.75. The Labute approximate surface area is 294 Å². The van der Waals surface area contributed by atoms with E-state index in [1.54, 1.807) is 25.1 Å². The lowest BCUT2D eigenvalue weighted by Gasteiger charge is -2.43. The Morgan fingerprint density at radius 1 is 0.765 bits per heavy atom. The number of fused-ring (bicyclic) bond motifs is 1.